The molecule has 2 amide bonds. The van der Waals surface area contributed by atoms with E-state index >= 15 is 0 Å². The maximum atomic E-state index is 12.9. The van der Waals surface area contributed by atoms with Gasteiger partial charge < -0.3 is 10.6 Å². The molecule has 124 valence electrons. The van der Waals surface area contributed by atoms with Crippen LogP contribution in [0.1, 0.15) is 16.5 Å². The van der Waals surface area contributed by atoms with Gasteiger partial charge in [0.25, 0.3) is 0 Å². The van der Waals surface area contributed by atoms with Crippen LogP contribution in [-0.2, 0) is 6.54 Å². The van der Waals surface area contributed by atoms with Gasteiger partial charge in [-0.25, -0.2) is 9.18 Å². The van der Waals surface area contributed by atoms with Crippen LogP contribution in [0.2, 0.25) is 0 Å². The number of urea groups is 1. The van der Waals surface area contributed by atoms with Gasteiger partial charge in [0.1, 0.15) is 11.9 Å². The van der Waals surface area contributed by atoms with E-state index in [1.807, 2.05) is 34.5 Å². The molecule has 0 radical (unpaired) electrons. The van der Waals surface area contributed by atoms with Crippen molar-refractivity contribution in [3.63, 3.8) is 0 Å². The first-order valence-electron chi connectivity index (χ1n) is 7.51. The highest BCUT2D eigenvalue weighted by Gasteiger charge is 2.16. The van der Waals surface area contributed by atoms with Crippen LogP contribution in [0.3, 0.4) is 0 Å². The summed E-state index contributed by atoms with van der Waals surface area (Å²) in [6, 6.07) is 11.6. The number of aromatic nitrogens is 2. The Hall–Kier alpha value is -2.67. The Balaban J connectivity index is 1.54. The summed E-state index contributed by atoms with van der Waals surface area (Å²) >= 11 is 1.62. The van der Waals surface area contributed by atoms with Gasteiger partial charge in [-0.3, -0.25) is 4.68 Å². The number of carbonyl (C=O) groups excluding carboxylic acids is 1. The fourth-order valence-electron chi connectivity index (χ4n) is 2.31. The minimum atomic E-state index is -0.291. The minimum absolute atomic E-state index is 0.0448. The molecule has 1 unspecified atom stereocenters. The minimum Gasteiger partial charge on any atom is -0.336 e. The summed E-state index contributed by atoms with van der Waals surface area (Å²) in [5.74, 6) is -0.291. The molecular weight excluding hydrogens is 327 g/mol. The van der Waals surface area contributed by atoms with E-state index in [-0.39, 0.29) is 17.9 Å². The number of hydrogen-bond donors (Lipinski definition) is 2. The first-order valence-corrected chi connectivity index (χ1v) is 8.39. The second-order valence-electron chi connectivity index (χ2n) is 5.21. The van der Waals surface area contributed by atoms with Crippen molar-refractivity contribution < 1.29 is 9.18 Å². The highest BCUT2D eigenvalue weighted by atomic mass is 32.1. The maximum absolute atomic E-state index is 12.9. The van der Waals surface area contributed by atoms with Crippen molar-refractivity contribution in [2.24, 2.45) is 0 Å². The van der Waals surface area contributed by atoms with E-state index in [0.29, 0.717) is 13.1 Å². The molecule has 24 heavy (non-hydrogen) atoms. The molecule has 0 aliphatic carbocycles. The van der Waals surface area contributed by atoms with Crippen molar-refractivity contribution in [2.45, 2.75) is 12.6 Å². The van der Waals surface area contributed by atoms with Crippen LogP contribution in [0.5, 0.6) is 0 Å². The summed E-state index contributed by atoms with van der Waals surface area (Å²) in [6.07, 6.45) is 3.59. The smallest absolute Gasteiger partial charge is 0.315 e. The van der Waals surface area contributed by atoms with E-state index in [0.717, 1.165) is 10.4 Å². The van der Waals surface area contributed by atoms with Gasteiger partial charge in [-0.1, -0.05) is 18.2 Å². The third-order valence-electron chi connectivity index (χ3n) is 3.54. The van der Waals surface area contributed by atoms with Crippen molar-refractivity contribution in [2.75, 3.05) is 6.54 Å². The van der Waals surface area contributed by atoms with Crippen molar-refractivity contribution in [3.05, 3.63) is 76.5 Å². The Morgan fingerprint density at radius 2 is 2.04 bits per heavy atom. The lowest BCUT2D eigenvalue weighted by atomic mass is 10.2. The lowest BCUT2D eigenvalue weighted by Crippen LogP contribution is -2.38. The first-order chi connectivity index (χ1) is 11.7. The standard InChI is InChI=1S/C17H17FN4OS/c18-14-6-4-13(5-7-14)11-19-17(23)20-12-15(16-3-1-10-24-16)22-9-2-8-21-22/h1-10,15H,11-12H2,(H2,19,20,23). The van der Waals surface area contributed by atoms with E-state index in [4.69, 9.17) is 0 Å². The molecule has 2 heterocycles. The summed E-state index contributed by atoms with van der Waals surface area (Å²) < 4.78 is 14.7. The largest absolute Gasteiger partial charge is 0.336 e. The SMILES string of the molecule is O=C(NCc1ccc(F)cc1)NCC(c1cccs1)n1cccn1. The van der Waals surface area contributed by atoms with E-state index < -0.39 is 0 Å². The predicted octanol–water partition coefficient (Wildman–Crippen LogP) is 3.17. The Labute approximate surface area is 143 Å². The molecule has 0 bridgehead atoms. The van der Waals surface area contributed by atoms with Gasteiger partial charge in [-0.05, 0) is 35.2 Å². The van der Waals surface area contributed by atoms with Crippen LogP contribution < -0.4 is 10.6 Å². The Morgan fingerprint density at radius 1 is 1.21 bits per heavy atom. The number of rotatable bonds is 6. The van der Waals surface area contributed by atoms with Crippen molar-refractivity contribution in [1.29, 1.82) is 0 Å². The second-order valence-corrected chi connectivity index (χ2v) is 6.19. The highest BCUT2D eigenvalue weighted by Crippen LogP contribution is 2.21. The zero-order valence-corrected chi connectivity index (χ0v) is 13.7. The zero-order valence-electron chi connectivity index (χ0n) is 12.9. The third-order valence-corrected chi connectivity index (χ3v) is 4.51. The predicted molar refractivity (Wildman–Crippen MR) is 91.3 cm³/mol. The maximum Gasteiger partial charge on any atom is 0.315 e. The fraction of sp³-hybridized carbons (Fsp3) is 0.176. The molecule has 7 heteroatoms. The van der Waals surface area contributed by atoms with E-state index in [9.17, 15) is 9.18 Å². The molecule has 2 N–H and O–H groups in total. The number of benzene rings is 1. The van der Waals surface area contributed by atoms with Gasteiger partial charge >= 0.3 is 6.03 Å². The normalized spacial score (nSPS) is 11.9. The fourth-order valence-corrected chi connectivity index (χ4v) is 3.13. The molecular formula is C17H17FN4OS. The lowest BCUT2D eigenvalue weighted by molar-refractivity contribution is 0.239. The van der Waals surface area contributed by atoms with Crippen LogP contribution >= 0.6 is 11.3 Å². The average molecular weight is 344 g/mol. The molecule has 1 aromatic carbocycles. The number of carbonyl (C=O) groups is 1. The van der Waals surface area contributed by atoms with Crippen molar-refractivity contribution in [3.8, 4) is 0 Å². The Morgan fingerprint density at radius 3 is 2.71 bits per heavy atom. The zero-order chi connectivity index (χ0) is 16.8. The van der Waals surface area contributed by atoms with Gasteiger partial charge in [0.05, 0.1) is 0 Å². The molecule has 0 saturated heterocycles. The summed E-state index contributed by atoms with van der Waals surface area (Å²) in [6.45, 7) is 0.773. The highest BCUT2D eigenvalue weighted by molar-refractivity contribution is 7.10. The second kappa shape index (κ2) is 7.74. The summed E-state index contributed by atoms with van der Waals surface area (Å²) in [7, 11) is 0. The number of halogens is 1. The summed E-state index contributed by atoms with van der Waals surface area (Å²) in [5.41, 5.74) is 0.841. The molecule has 0 aliphatic rings. The van der Waals surface area contributed by atoms with E-state index in [2.05, 4.69) is 15.7 Å². The Kier molecular flexibility index (Phi) is 5.22. The van der Waals surface area contributed by atoms with Crippen LogP contribution in [0, 0.1) is 5.82 Å². The van der Waals surface area contributed by atoms with E-state index in [1.54, 1.807) is 29.7 Å². The van der Waals surface area contributed by atoms with Gasteiger partial charge in [-0.2, -0.15) is 5.10 Å². The molecule has 5 nitrogen and oxygen atoms in total. The van der Waals surface area contributed by atoms with Crippen LogP contribution in [0.25, 0.3) is 0 Å². The molecule has 3 aromatic rings. The lowest BCUT2D eigenvalue weighted by Gasteiger charge is -2.17. The molecule has 0 aliphatic heterocycles. The topological polar surface area (TPSA) is 59.0 Å². The number of hydrogen-bond acceptors (Lipinski definition) is 3. The molecule has 0 spiro atoms. The molecule has 1 atom stereocenters. The Bertz CT molecular complexity index is 722. The summed E-state index contributed by atoms with van der Waals surface area (Å²) in [5, 5.41) is 11.9. The molecule has 0 fully saturated rings. The number of nitrogens with one attached hydrogen (secondary N) is 2. The molecule has 3 rings (SSSR count). The van der Waals surface area contributed by atoms with Gasteiger partial charge in [0.15, 0.2) is 0 Å². The third kappa shape index (κ3) is 4.20. The van der Waals surface area contributed by atoms with Crippen LogP contribution in [0.4, 0.5) is 9.18 Å². The quantitative estimate of drug-likeness (QED) is 0.721. The van der Waals surface area contributed by atoms with Crippen LogP contribution in [-0.4, -0.2) is 22.4 Å². The van der Waals surface area contributed by atoms with Gasteiger partial charge in [0, 0.05) is 30.4 Å². The monoisotopic (exact) mass is 344 g/mol. The summed E-state index contributed by atoms with van der Waals surface area (Å²) in [4.78, 5) is 13.1. The number of nitrogens with zero attached hydrogens (tertiary/aromatic N) is 2. The first kappa shape index (κ1) is 16.2. The molecule has 0 saturated carbocycles. The van der Waals surface area contributed by atoms with Crippen LogP contribution in [0.15, 0.2) is 60.2 Å². The van der Waals surface area contributed by atoms with Crippen molar-refractivity contribution >= 4 is 17.4 Å². The van der Waals surface area contributed by atoms with Gasteiger partial charge in [0.2, 0.25) is 0 Å². The van der Waals surface area contributed by atoms with E-state index in [1.165, 1.54) is 12.1 Å². The number of thiophene rings is 1. The van der Waals surface area contributed by atoms with Crippen molar-refractivity contribution in [1.82, 2.24) is 20.4 Å². The molecule has 2 aromatic heterocycles. The van der Waals surface area contributed by atoms with Gasteiger partial charge in [-0.15, -0.1) is 11.3 Å². The number of amides is 2. The average Bonchev–Trinajstić information content (AvgIpc) is 3.29.